The minimum atomic E-state index is 0.678. The van der Waals surface area contributed by atoms with Gasteiger partial charge in [0.15, 0.2) is 0 Å². The van der Waals surface area contributed by atoms with E-state index in [2.05, 4.69) is 13.5 Å². The first kappa shape index (κ1) is 25.3. The molecule has 0 radical (unpaired) electrons. The van der Waals surface area contributed by atoms with Crippen LogP contribution in [-0.4, -0.2) is 13.2 Å². The summed E-state index contributed by atoms with van der Waals surface area (Å²) in [5.74, 6) is 3.92. The van der Waals surface area contributed by atoms with Gasteiger partial charge in [0, 0.05) is 6.61 Å². The van der Waals surface area contributed by atoms with Gasteiger partial charge in [-0.3, -0.25) is 0 Å². The van der Waals surface area contributed by atoms with Crippen LogP contribution in [0.4, 0.5) is 0 Å². The molecule has 0 aromatic heterocycles. The Morgan fingerprint density at radius 3 is 2.16 bits per heavy atom. The smallest absolute Gasteiger partial charge is 0.0644 e. The van der Waals surface area contributed by atoms with E-state index < -0.39 is 0 Å². The Kier molecular flexibility index (Phi) is 11.5. The molecule has 1 nitrogen and oxygen atoms in total. The van der Waals surface area contributed by atoms with Crippen LogP contribution in [0, 0.1) is 29.1 Å². The van der Waals surface area contributed by atoms with E-state index in [0.29, 0.717) is 5.41 Å². The summed E-state index contributed by atoms with van der Waals surface area (Å²) in [6, 6.07) is 0. The van der Waals surface area contributed by atoms with E-state index in [4.69, 9.17) is 4.74 Å². The lowest BCUT2D eigenvalue weighted by molar-refractivity contribution is 0.0127. The van der Waals surface area contributed by atoms with Crippen molar-refractivity contribution >= 4 is 0 Å². The molecule has 0 aliphatic heterocycles. The van der Waals surface area contributed by atoms with Crippen molar-refractivity contribution in [1.29, 1.82) is 0 Å². The summed E-state index contributed by atoms with van der Waals surface area (Å²) in [4.78, 5) is 0. The molecule has 3 fully saturated rings. The van der Waals surface area contributed by atoms with Gasteiger partial charge in [0.1, 0.15) is 0 Å². The number of rotatable bonds is 13. The minimum absolute atomic E-state index is 0.678. The van der Waals surface area contributed by atoms with Gasteiger partial charge >= 0.3 is 0 Å². The summed E-state index contributed by atoms with van der Waals surface area (Å²) in [6.45, 7) is 7.88. The molecule has 0 aromatic rings. The second-order valence-corrected chi connectivity index (χ2v) is 11.7. The third-order valence-corrected chi connectivity index (χ3v) is 9.66. The Morgan fingerprint density at radius 2 is 1.52 bits per heavy atom. The largest absolute Gasteiger partial charge is 0.377 e. The van der Waals surface area contributed by atoms with Crippen molar-refractivity contribution in [2.24, 2.45) is 29.1 Å². The molecule has 3 saturated carbocycles. The Bertz CT molecular complexity index is 463. The highest BCUT2D eigenvalue weighted by Crippen LogP contribution is 2.53. The molecule has 0 heterocycles. The van der Waals surface area contributed by atoms with Gasteiger partial charge < -0.3 is 4.74 Å². The van der Waals surface area contributed by atoms with Gasteiger partial charge in [-0.1, -0.05) is 96.5 Å². The van der Waals surface area contributed by atoms with E-state index in [0.717, 1.165) is 36.9 Å². The lowest BCUT2D eigenvalue weighted by Gasteiger charge is -2.48. The van der Waals surface area contributed by atoms with Crippen molar-refractivity contribution in [3.8, 4) is 0 Å². The minimum Gasteiger partial charge on any atom is -0.377 e. The standard InChI is InChI=1S/C30H54O/c1-3-5-13-27(28-14-8-6-9-15-28)16-12-21-30(29-17-10-7-11-18-29)22-19-26(20-23-30)25-31-24-4-2/h4,26-29H,2-3,5-25H2,1H3. The van der Waals surface area contributed by atoms with E-state index in [1.165, 1.54) is 128 Å². The molecule has 0 amide bonds. The van der Waals surface area contributed by atoms with E-state index in [1.807, 2.05) is 6.08 Å². The zero-order valence-corrected chi connectivity index (χ0v) is 21.1. The summed E-state index contributed by atoms with van der Waals surface area (Å²) in [6.07, 6.45) is 31.8. The molecular formula is C30H54O. The first-order valence-corrected chi connectivity index (χ1v) is 14.5. The summed E-state index contributed by atoms with van der Waals surface area (Å²) in [7, 11) is 0. The van der Waals surface area contributed by atoms with Crippen molar-refractivity contribution in [2.45, 2.75) is 135 Å². The highest BCUT2D eigenvalue weighted by atomic mass is 16.5. The van der Waals surface area contributed by atoms with Gasteiger partial charge in [-0.15, -0.1) is 6.58 Å². The molecule has 180 valence electrons. The molecule has 1 atom stereocenters. The molecule has 3 rings (SSSR count). The lowest BCUT2D eigenvalue weighted by atomic mass is 9.58. The predicted molar refractivity (Wildman–Crippen MR) is 135 cm³/mol. The van der Waals surface area contributed by atoms with Crippen molar-refractivity contribution in [3.05, 3.63) is 12.7 Å². The van der Waals surface area contributed by atoms with Crippen LogP contribution in [0.25, 0.3) is 0 Å². The van der Waals surface area contributed by atoms with E-state index in [9.17, 15) is 0 Å². The molecule has 0 saturated heterocycles. The highest BCUT2D eigenvalue weighted by Gasteiger charge is 2.41. The molecule has 1 heteroatoms. The molecule has 0 spiro atoms. The quantitative estimate of drug-likeness (QED) is 0.209. The second kappa shape index (κ2) is 14.1. The van der Waals surface area contributed by atoms with Crippen LogP contribution in [0.2, 0.25) is 0 Å². The fraction of sp³-hybridized carbons (Fsp3) is 0.933. The maximum absolute atomic E-state index is 5.84. The SMILES string of the molecule is C=CCOCC1CCC(CCCC(CCCC)C2CCCCC2)(C2CCCCC2)CC1. The summed E-state index contributed by atoms with van der Waals surface area (Å²) >= 11 is 0. The van der Waals surface area contributed by atoms with Crippen molar-refractivity contribution < 1.29 is 4.74 Å². The second-order valence-electron chi connectivity index (χ2n) is 11.7. The Hall–Kier alpha value is -0.300. The third-order valence-electron chi connectivity index (χ3n) is 9.66. The average Bonchev–Trinajstić information content (AvgIpc) is 2.83. The molecular weight excluding hydrogens is 376 g/mol. The normalized spacial score (nSPS) is 29.6. The van der Waals surface area contributed by atoms with Crippen LogP contribution in [-0.2, 0) is 4.74 Å². The monoisotopic (exact) mass is 430 g/mol. The first-order valence-electron chi connectivity index (χ1n) is 14.5. The van der Waals surface area contributed by atoms with E-state index >= 15 is 0 Å². The number of hydrogen-bond acceptors (Lipinski definition) is 1. The van der Waals surface area contributed by atoms with Crippen molar-refractivity contribution in [2.75, 3.05) is 13.2 Å². The van der Waals surface area contributed by atoms with Crippen LogP contribution < -0.4 is 0 Å². The van der Waals surface area contributed by atoms with Crippen LogP contribution >= 0.6 is 0 Å². The number of unbranched alkanes of at least 4 members (excludes halogenated alkanes) is 1. The van der Waals surface area contributed by atoms with E-state index in [-0.39, 0.29) is 0 Å². The maximum Gasteiger partial charge on any atom is 0.0644 e. The fourth-order valence-corrected chi connectivity index (χ4v) is 7.72. The topological polar surface area (TPSA) is 9.23 Å². The van der Waals surface area contributed by atoms with Gasteiger partial charge in [0.2, 0.25) is 0 Å². The summed E-state index contributed by atoms with van der Waals surface area (Å²) < 4.78 is 5.84. The van der Waals surface area contributed by atoms with E-state index in [1.54, 1.807) is 0 Å². The average molecular weight is 431 g/mol. The predicted octanol–water partition coefficient (Wildman–Crippen LogP) is 9.50. The molecule has 31 heavy (non-hydrogen) atoms. The van der Waals surface area contributed by atoms with Gasteiger partial charge in [-0.2, -0.15) is 0 Å². The van der Waals surface area contributed by atoms with Crippen LogP contribution in [0.5, 0.6) is 0 Å². The van der Waals surface area contributed by atoms with Crippen LogP contribution in [0.3, 0.4) is 0 Å². The molecule has 0 aromatic carbocycles. The zero-order chi connectivity index (χ0) is 21.8. The fourth-order valence-electron chi connectivity index (χ4n) is 7.72. The lowest BCUT2D eigenvalue weighted by Crippen LogP contribution is -2.37. The Labute approximate surface area is 195 Å². The molecule has 1 unspecified atom stereocenters. The van der Waals surface area contributed by atoms with Crippen LogP contribution in [0.15, 0.2) is 12.7 Å². The first-order chi connectivity index (χ1) is 15.3. The maximum atomic E-state index is 5.84. The third kappa shape index (κ3) is 7.90. The molecule has 3 aliphatic rings. The number of hydrogen-bond donors (Lipinski definition) is 0. The van der Waals surface area contributed by atoms with Gasteiger partial charge in [0.05, 0.1) is 6.61 Å². The zero-order valence-electron chi connectivity index (χ0n) is 21.1. The number of ether oxygens (including phenoxy) is 1. The van der Waals surface area contributed by atoms with Gasteiger partial charge in [0.25, 0.3) is 0 Å². The van der Waals surface area contributed by atoms with Gasteiger partial charge in [-0.25, -0.2) is 0 Å². The molecule has 0 bridgehead atoms. The summed E-state index contributed by atoms with van der Waals surface area (Å²) in [5, 5.41) is 0. The molecule has 3 aliphatic carbocycles. The van der Waals surface area contributed by atoms with Crippen molar-refractivity contribution in [3.63, 3.8) is 0 Å². The van der Waals surface area contributed by atoms with Crippen LogP contribution in [0.1, 0.15) is 135 Å². The van der Waals surface area contributed by atoms with Crippen molar-refractivity contribution in [1.82, 2.24) is 0 Å². The van der Waals surface area contributed by atoms with Gasteiger partial charge in [-0.05, 0) is 74.0 Å². The highest BCUT2D eigenvalue weighted by molar-refractivity contribution is 4.92. The molecule has 0 N–H and O–H groups in total. The Morgan fingerprint density at radius 1 is 0.871 bits per heavy atom. The Balaban J connectivity index is 1.54. The summed E-state index contributed by atoms with van der Waals surface area (Å²) in [5.41, 5.74) is 0.678.